The standard InChI is InChI=1S/C26H49NO6/c1-2-3-4-5-6-7-8-9-10-11-12-13-14-15-19-33-26(23-32-22-21-31-20-18-28)27-24(29)16-17-25(27)30/h26,28H,2-23H2,1H3. The second-order valence-corrected chi connectivity index (χ2v) is 8.99. The molecule has 0 aliphatic carbocycles. The first-order valence-electron chi connectivity index (χ1n) is 13.4. The molecule has 1 unspecified atom stereocenters. The average molecular weight is 472 g/mol. The van der Waals surface area contributed by atoms with Crippen LogP contribution in [0.5, 0.6) is 0 Å². The van der Waals surface area contributed by atoms with Gasteiger partial charge in [-0.2, -0.15) is 0 Å². The number of rotatable bonds is 24. The predicted octanol–water partition coefficient (Wildman–Crippen LogP) is 4.98. The van der Waals surface area contributed by atoms with E-state index in [9.17, 15) is 9.59 Å². The number of nitrogens with zero attached hydrogens (tertiary/aromatic N) is 1. The summed E-state index contributed by atoms with van der Waals surface area (Å²) in [5.74, 6) is -0.378. The van der Waals surface area contributed by atoms with Crippen LogP contribution in [0, 0.1) is 0 Å². The third-order valence-corrected chi connectivity index (χ3v) is 6.05. The van der Waals surface area contributed by atoms with Crippen LogP contribution in [-0.2, 0) is 23.8 Å². The van der Waals surface area contributed by atoms with Crippen LogP contribution in [0.15, 0.2) is 0 Å². The molecule has 1 aliphatic heterocycles. The molecule has 1 saturated heterocycles. The van der Waals surface area contributed by atoms with Crippen LogP contribution >= 0.6 is 0 Å². The molecule has 0 spiro atoms. The fourth-order valence-electron chi connectivity index (χ4n) is 4.10. The lowest BCUT2D eigenvalue weighted by Crippen LogP contribution is -2.44. The lowest BCUT2D eigenvalue weighted by atomic mass is 10.0. The summed E-state index contributed by atoms with van der Waals surface area (Å²) in [7, 11) is 0. The minimum absolute atomic E-state index is 0.0261. The van der Waals surface area contributed by atoms with Gasteiger partial charge in [0, 0.05) is 19.4 Å². The van der Waals surface area contributed by atoms with Crippen molar-refractivity contribution >= 4 is 11.8 Å². The highest BCUT2D eigenvalue weighted by atomic mass is 16.6. The maximum absolute atomic E-state index is 12.1. The zero-order chi connectivity index (χ0) is 24.0. The second-order valence-electron chi connectivity index (χ2n) is 8.99. The third kappa shape index (κ3) is 15.5. The van der Waals surface area contributed by atoms with Crippen molar-refractivity contribution in [2.75, 3.05) is 39.6 Å². The average Bonchev–Trinajstić information content (AvgIpc) is 3.15. The summed E-state index contributed by atoms with van der Waals surface area (Å²) in [6.45, 7) is 3.86. The molecule has 0 aromatic heterocycles. The van der Waals surface area contributed by atoms with Gasteiger partial charge in [0.15, 0.2) is 6.23 Å². The van der Waals surface area contributed by atoms with Crippen molar-refractivity contribution in [2.24, 2.45) is 0 Å². The first kappa shape index (κ1) is 30.0. The summed E-state index contributed by atoms with van der Waals surface area (Å²) < 4.78 is 16.6. The van der Waals surface area contributed by atoms with E-state index < -0.39 is 6.23 Å². The van der Waals surface area contributed by atoms with Gasteiger partial charge < -0.3 is 19.3 Å². The molecule has 1 aliphatic rings. The minimum Gasteiger partial charge on any atom is -0.394 e. The molecular weight excluding hydrogens is 422 g/mol. The molecule has 1 atom stereocenters. The number of aliphatic hydroxyl groups excluding tert-OH is 1. The van der Waals surface area contributed by atoms with Crippen LogP contribution in [0.4, 0.5) is 0 Å². The second kappa shape index (κ2) is 21.5. The van der Waals surface area contributed by atoms with Crippen LogP contribution in [0.1, 0.15) is 110 Å². The quantitative estimate of drug-likeness (QED) is 0.158. The highest BCUT2D eigenvalue weighted by molar-refractivity contribution is 6.02. The van der Waals surface area contributed by atoms with E-state index in [1.54, 1.807) is 0 Å². The smallest absolute Gasteiger partial charge is 0.231 e. The van der Waals surface area contributed by atoms with E-state index in [4.69, 9.17) is 19.3 Å². The first-order valence-corrected chi connectivity index (χ1v) is 13.4. The molecule has 0 bridgehead atoms. The molecule has 1 N–H and O–H groups in total. The molecule has 33 heavy (non-hydrogen) atoms. The Hall–Kier alpha value is -1.02. The van der Waals surface area contributed by atoms with Crippen LogP contribution < -0.4 is 0 Å². The van der Waals surface area contributed by atoms with Crippen molar-refractivity contribution in [3.8, 4) is 0 Å². The number of carbonyl (C=O) groups excluding carboxylic acids is 2. The Balaban J connectivity index is 2.05. The molecule has 194 valence electrons. The number of likely N-dealkylation sites (tertiary alicyclic amines) is 1. The third-order valence-electron chi connectivity index (χ3n) is 6.05. The summed E-state index contributed by atoms with van der Waals surface area (Å²) in [4.78, 5) is 25.4. The maximum atomic E-state index is 12.1. The maximum Gasteiger partial charge on any atom is 0.231 e. The van der Waals surface area contributed by atoms with E-state index in [1.165, 1.54) is 81.9 Å². The minimum atomic E-state index is -0.660. The molecule has 1 rings (SSSR count). The van der Waals surface area contributed by atoms with Crippen molar-refractivity contribution in [1.29, 1.82) is 0 Å². The number of amides is 2. The van der Waals surface area contributed by atoms with E-state index in [2.05, 4.69) is 6.92 Å². The molecule has 1 fully saturated rings. The number of aliphatic hydroxyl groups is 1. The number of unbranched alkanes of at least 4 members (excludes halogenated alkanes) is 13. The molecule has 1 heterocycles. The van der Waals surface area contributed by atoms with Gasteiger partial charge in [0.05, 0.1) is 33.0 Å². The van der Waals surface area contributed by atoms with E-state index in [0.29, 0.717) is 19.8 Å². The van der Waals surface area contributed by atoms with Gasteiger partial charge in [0.25, 0.3) is 0 Å². The van der Waals surface area contributed by atoms with E-state index >= 15 is 0 Å². The molecule has 0 saturated carbocycles. The largest absolute Gasteiger partial charge is 0.394 e. The van der Waals surface area contributed by atoms with Crippen LogP contribution in [0.25, 0.3) is 0 Å². The molecule has 0 radical (unpaired) electrons. The molecule has 2 amide bonds. The lowest BCUT2D eigenvalue weighted by molar-refractivity contribution is -0.161. The first-order chi connectivity index (χ1) is 16.2. The topological polar surface area (TPSA) is 85.3 Å². The van der Waals surface area contributed by atoms with Crippen molar-refractivity contribution in [2.45, 2.75) is 116 Å². The highest BCUT2D eigenvalue weighted by Crippen LogP contribution is 2.18. The Kier molecular flexibility index (Phi) is 19.6. The zero-order valence-corrected chi connectivity index (χ0v) is 21.1. The van der Waals surface area contributed by atoms with Gasteiger partial charge in [-0.25, -0.2) is 0 Å². The van der Waals surface area contributed by atoms with Gasteiger partial charge >= 0.3 is 0 Å². The Labute approximate surface area is 201 Å². The molecule has 0 aromatic carbocycles. The summed E-state index contributed by atoms with van der Waals surface area (Å²) in [5.41, 5.74) is 0. The Morgan fingerprint density at radius 3 is 1.70 bits per heavy atom. The summed E-state index contributed by atoms with van der Waals surface area (Å²) in [6, 6.07) is 0. The Morgan fingerprint density at radius 2 is 1.18 bits per heavy atom. The van der Waals surface area contributed by atoms with Crippen molar-refractivity contribution in [3.63, 3.8) is 0 Å². The van der Waals surface area contributed by atoms with Crippen molar-refractivity contribution in [3.05, 3.63) is 0 Å². The fraction of sp³-hybridized carbons (Fsp3) is 0.923. The number of hydrogen-bond donors (Lipinski definition) is 1. The van der Waals surface area contributed by atoms with Gasteiger partial charge in [-0.15, -0.1) is 0 Å². The van der Waals surface area contributed by atoms with Crippen molar-refractivity contribution < 1.29 is 28.9 Å². The van der Waals surface area contributed by atoms with E-state index in [1.807, 2.05) is 0 Å². The molecule has 0 aromatic rings. The highest BCUT2D eigenvalue weighted by Gasteiger charge is 2.35. The Bertz CT molecular complexity index is 471. The van der Waals surface area contributed by atoms with E-state index in [-0.39, 0.29) is 44.5 Å². The number of hydrogen-bond acceptors (Lipinski definition) is 6. The summed E-state index contributed by atoms with van der Waals surface area (Å²) >= 11 is 0. The zero-order valence-electron chi connectivity index (χ0n) is 21.1. The van der Waals surface area contributed by atoms with Gasteiger partial charge in [-0.05, 0) is 6.42 Å². The van der Waals surface area contributed by atoms with Crippen LogP contribution in [0.3, 0.4) is 0 Å². The van der Waals surface area contributed by atoms with Crippen LogP contribution in [-0.4, -0.2) is 67.7 Å². The molecule has 7 heteroatoms. The number of ether oxygens (including phenoxy) is 3. The van der Waals surface area contributed by atoms with Gasteiger partial charge in [-0.1, -0.05) is 90.4 Å². The summed E-state index contributed by atoms with van der Waals surface area (Å²) in [5, 5.41) is 8.71. The van der Waals surface area contributed by atoms with Crippen LogP contribution in [0.2, 0.25) is 0 Å². The lowest BCUT2D eigenvalue weighted by Gasteiger charge is -2.26. The van der Waals surface area contributed by atoms with E-state index in [0.717, 1.165) is 12.8 Å². The molecular formula is C26H49NO6. The number of carbonyl (C=O) groups is 2. The predicted molar refractivity (Wildman–Crippen MR) is 130 cm³/mol. The molecule has 7 nitrogen and oxygen atoms in total. The van der Waals surface area contributed by atoms with Gasteiger partial charge in [0.2, 0.25) is 11.8 Å². The van der Waals surface area contributed by atoms with Gasteiger partial charge in [0.1, 0.15) is 0 Å². The number of imide groups is 1. The fourth-order valence-corrected chi connectivity index (χ4v) is 4.10. The van der Waals surface area contributed by atoms with Crippen molar-refractivity contribution in [1.82, 2.24) is 4.90 Å². The summed E-state index contributed by atoms with van der Waals surface area (Å²) in [6.07, 6.45) is 18.0. The normalized spacial score (nSPS) is 15.0. The van der Waals surface area contributed by atoms with Gasteiger partial charge in [-0.3, -0.25) is 14.5 Å². The Morgan fingerprint density at radius 1 is 0.697 bits per heavy atom. The monoisotopic (exact) mass is 471 g/mol. The SMILES string of the molecule is CCCCCCCCCCCCCCCCOC(COCCOCCO)N1C(=O)CCC1=O.